The Hall–Kier alpha value is -2.24. The van der Waals surface area contributed by atoms with Crippen LogP contribution in [0.2, 0.25) is 0 Å². The van der Waals surface area contributed by atoms with Crippen molar-refractivity contribution in [3.05, 3.63) is 47.0 Å². The first-order chi connectivity index (χ1) is 21.2. The molecular formula is C29H49NO13. The van der Waals surface area contributed by atoms with E-state index in [1.165, 1.54) is 12.1 Å². The maximum Gasteiger partial charge on any atom is 0.269 e. The first kappa shape index (κ1) is 38.8. The summed E-state index contributed by atoms with van der Waals surface area (Å²) >= 11 is 0. The van der Waals surface area contributed by atoms with Crippen molar-refractivity contribution in [3.8, 4) is 5.75 Å². The summed E-state index contributed by atoms with van der Waals surface area (Å²) in [6.45, 7) is 13.8. The summed E-state index contributed by atoms with van der Waals surface area (Å²) in [6.07, 6.45) is 1.71. The Morgan fingerprint density at radius 1 is 0.488 bits per heavy atom. The lowest BCUT2D eigenvalue weighted by Crippen LogP contribution is -2.15. The minimum atomic E-state index is -0.452. The van der Waals surface area contributed by atoms with Gasteiger partial charge in [-0.1, -0.05) is 6.08 Å². The summed E-state index contributed by atoms with van der Waals surface area (Å²) in [5.74, 6) is 0.556. The van der Waals surface area contributed by atoms with Crippen LogP contribution in [0.5, 0.6) is 5.75 Å². The van der Waals surface area contributed by atoms with Crippen LogP contribution in [-0.2, 0) is 47.4 Å². The Morgan fingerprint density at radius 3 is 1.05 bits per heavy atom. The predicted octanol–water partition coefficient (Wildman–Crippen LogP) is 2.33. The Labute approximate surface area is 254 Å². The summed E-state index contributed by atoms with van der Waals surface area (Å²) in [5.41, 5.74) is 0.0260. The van der Waals surface area contributed by atoms with Crippen molar-refractivity contribution in [2.75, 3.05) is 139 Å². The lowest BCUT2D eigenvalue weighted by Gasteiger charge is -2.09. The Balaban J connectivity index is 1.66. The highest BCUT2D eigenvalue weighted by atomic mass is 16.6. The van der Waals surface area contributed by atoms with Gasteiger partial charge in [-0.25, -0.2) is 0 Å². The lowest BCUT2D eigenvalue weighted by atomic mass is 10.3. The molecule has 248 valence electrons. The number of non-ortho nitro benzene ring substituents is 1. The molecular weight excluding hydrogens is 570 g/mol. The molecule has 0 unspecified atom stereocenters. The number of nitro benzene ring substituents is 1. The Bertz CT molecular complexity index is 754. The molecule has 0 aromatic heterocycles. The fraction of sp³-hybridized carbons (Fsp3) is 0.724. The van der Waals surface area contributed by atoms with Crippen molar-refractivity contribution in [2.24, 2.45) is 0 Å². The zero-order valence-electron chi connectivity index (χ0n) is 25.2. The Morgan fingerprint density at radius 2 is 0.767 bits per heavy atom. The third-order valence-corrected chi connectivity index (χ3v) is 5.13. The molecule has 0 aliphatic rings. The third kappa shape index (κ3) is 27.1. The summed E-state index contributed by atoms with van der Waals surface area (Å²) in [5, 5.41) is 10.6. The largest absolute Gasteiger partial charge is 0.491 e. The zero-order valence-corrected chi connectivity index (χ0v) is 25.2. The lowest BCUT2D eigenvalue weighted by molar-refractivity contribution is -0.384. The average molecular weight is 620 g/mol. The second-order valence-electron chi connectivity index (χ2n) is 8.47. The number of hydrogen-bond donors (Lipinski definition) is 0. The van der Waals surface area contributed by atoms with Crippen LogP contribution in [0.4, 0.5) is 5.69 Å². The molecule has 0 atom stereocenters. The van der Waals surface area contributed by atoms with Crippen molar-refractivity contribution < 1.29 is 57.0 Å². The molecule has 14 heteroatoms. The summed E-state index contributed by atoms with van der Waals surface area (Å²) in [4.78, 5) is 10.2. The third-order valence-electron chi connectivity index (χ3n) is 5.13. The topological polar surface area (TPSA) is 145 Å². The zero-order chi connectivity index (χ0) is 30.9. The standard InChI is InChI=1S/C29H49NO13/c1-2-7-33-8-9-34-10-11-35-12-13-36-14-15-37-16-17-38-18-19-39-20-21-40-22-23-41-24-25-42-26-27-43-29-5-3-28(4-6-29)30(31)32/h2-6H,1,7-27H2. The molecule has 14 nitrogen and oxygen atoms in total. The van der Waals surface area contributed by atoms with Gasteiger partial charge in [0.2, 0.25) is 0 Å². The van der Waals surface area contributed by atoms with Gasteiger partial charge in [0, 0.05) is 12.1 Å². The van der Waals surface area contributed by atoms with E-state index in [0.29, 0.717) is 144 Å². The van der Waals surface area contributed by atoms with Crippen LogP contribution in [0.1, 0.15) is 0 Å². The number of rotatable bonds is 34. The minimum absolute atomic E-state index is 0.0260. The van der Waals surface area contributed by atoms with Crippen LogP contribution in [0, 0.1) is 10.1 Å². The maximum atomic E-state index is 10.6. The van der Waals surface area contributed by atoms with Gasteiger partial charge >= 0.3 is 0 Å². The van der Waals surface area contributed by atoms with Crippen molar-refractivity contribution in [2.45, 2.75) is 0 Å². The van der Waals surface area contributed by atoms with E-state index in [0.717, 1.165) is 0 Å². The van der Waals surface area contributed by atoms with Crippen LogP contribution in [0.15, 0.2) is 36.9 Å². The molecule has 0 radical (unpaired) electrons. The van der Waals surface area contributed by atoms with Gasteiger partial charge in [0.25, 0.3) is 5.69 Å². The fourth-order valence-electron chi connectivity index (χ4n) is 3.03. The molecule has 0 aliphatic heterocycles. The molecule has 0 N–H and O–H groups in total. The summed E-state index contributed by atoms with van der Waals surface area (Å²) in [6, 6.07) is 5.91. The van der Waals surface area contributed by atoms with E-state index in [2.05, 4.69) is 6.58 Å². The molecule has 1 aromatic rings. The highest BCUT2D eigenvalue weighted by molar-refractivity contribution is 5.35. The van der Waals surface area contributed by atoms with Crippen LogP contribution < -0.4 is 4.74 Å². The quantitative estimate of drug-likeness (QED) is 0.0482. The minimum Gasteiger partial charge on any atom is -0.491 e. The summed E-state index contributed by atoms with van der Waals surface area (Å²) in [7, 11) is 0. The highest BCUT2D eigenvalue weighted by Gasteiger charge is 2.04. The smallest absolute Gasteiger partial charge is 0.269 e. The van der Waals surface area contributed by atoms with Gasteiger partial charge in [0.1, 0.15) is 12.4 Å². The van der Waals surface area contributed by atoms with Gasteiger partial charge in [-0.05, 0) is 12.1 Å². The van der Waals surface area contributed by atoms with E-state index in [9.17, 15) is 10.1 Å². The van der Waals surface area contributed by atoms with Gasteiger partial charge in [-0.15, -0.1) is 6.58 Å². The van der Waals surface area contributed by atoms with Crippen molar-refractivity contribution in [3.63, 3.8) is 0 Å². The van der Waals surface area contributed by atoms with Gasteiger partial charge in [0.15, 0.2) is 0 Å². The number of nitrogens with zero attached hydrogens (tertiary/aromatic N) is 1. The van der Waals surface area contributed by atoms with E-state index >= 15 is 0 Å². The van der Waals surface area contributed by atoms with Gasteiger partial charge in [-0.2, -0.15) is 0 Å². The molecule has 43 heavy (non-hydrogen) atoms. The van der Waals surface area contributed by atoms with Crippen LogP contribution in [-0.4, -0.2) is 144 Å². The predicted molar refractivity (Wildman–Crippen MR) is 157 cm³/mol. The monoisotopic (exact) mass is 619 g/mol. The molecule has 1 aromatic carbocycles. The van der Waals surface area contributed by atoms with E-state index < -0.39 is 4.92 Å². The number of ether oxygens (including phenoxy) is 11. The number of nitro groups is 1. The van der Waals surface area contributed by atoms with E-state index in [-0.39, 0.29) is 5.69 Å². The average Bonchev–Trinajstić information content (AvgIpc) is 3.02. The highest BCUT2D eigenvalue weighted by Crippen LogP contribution is 2.17. The van der Waals surface area contributed by atoms with Crippen molar-refractivity contribution >= 4 is 5.69 Å². The van der Waals surface area contributed by atoms with E-state index in [1.807, 2.05) is 0 Å². The fourth-order valence-corrected chi connectivity index (χ4v) is 3.03. The van der Waals surface area contributed by atoms with Gasteiger partial charge in [-0.3, -0.25) is 10.1 Å². The number of benzene rings is 1. The second kappa shape index (κ2) is 31.2. The van der Waals surface area contributed by atoms with Crippen LogP contribution >= 0.6 is 0 Å². The molecule has 0 amide bonds. The summed E-state index contributed by atoms with van der Waals surface area (Å²) < 4.78 is 59.5. The SMILES string of the molecule is C=CCOCCOCCOCCOCCOCCOCCOCCOCCOCCOCCOc1ccc([N+](=O)[O-])cc1. The normalized spacial score (nSPS) is 11.2. The molecule has 0 bridgehead atoms. The molecule has 0 spiro atoms. The van der Waals surface area contributed by atoms with Crippen LogP contribution in [0.25, 0.3) is 0 Å². The van der Waals surface area contributed by atoms with Crippen molar-refractivity contribution in [1.82, 2.24) is 0 Å². The first-order valence-electron chi connectivity index (χ1n) is 14.5. The second-order valence-corrected chi connectivity index (χ2v) is 8.47. The van der Waals surface area contributed by atoms with E-state index in [1.54, 1.807) is 18.2 Å². The molecule has 0 fully saturated rings. The Kier molecular flexibility index (Phi) is 28.1. The molecule has 0 saturated heterocycles. The number of hydrogen-bond acceptors (Lipinski definition) is 13. The molecule has 1 rings (SSSR count). The molecule has 0 heterocycles. The molecule has 0 aliphatic carbocycles. The van der Waals surface area contributed by atoms with E-state index in [4.69, 9.17) is 52.1 Å². The first-order valence-corrected chi connectivity index (χ1v) is 14.5. The van der Waals surface area contributed by atoms with Gasteiger partial charge in [0.05, 0.1) is 137 Å². The van der Waals surface area contributed by atoms with Gasteiger partial charge < -0.3 is 52.1 Å². The molecule has 0 saturated carbocycles. The van der Waals surface area contributed by atoms with Crippen LogP contribution in [0.3, 0.4) is 0 Å². The van der Waals surface area contributed by atoms with Crippen molar-refractivity contribution in [1.29, 1.82) is 0 Å². The maximum absolute atomic E-state index is 10.6.